The second kappa shape index (κ2) is 7.28. The molecule has 3 aromatic rings. The minimum atomic E-state index is -3.48. The van der Waals surface area contributed by atoms with Crippen LogP contribution in [0.2, 0.25) is 0 Å². The van der Waals surface area contributed by atoms with Crippen molar-refractivity contribution in [1.82, 2.24) is 18.9 Å². The number of nitro benzene ring substituents is 1. The number of fused-ring (bicyclic) bond motifs is 1. The summed E-state index contributed by atoms with van der Waals surface area (Å²) in [5, 5.41) is 19.2. The molecule has 28 heavy (non-hydrogen) atoms. The van der Waals surface area contributed by atoms with Gasteiger partial charge in [-0.3, -0.25) is 14.5 Å². The summed E-state index contributed by atoms with van der Waals surface area (Å²) in [5.74, 6) is 0.856. The van der Waals surface area contributed by atoms with E-state index in [4.69, 9.17) is 0 Å². The minimum absolute atomic E-state index is 0.0532. The molecule has 0 aliphatic carbocycles. The molecule has 0 bridgehead atoms. The Kier molecular flexibility index (Phi) is 4.82. The fraction of sp³-hybridized carbons (Fsp3) is 0.333. The number of sulfonamides is 1. The first-order valence-electron chi connectivity index (χ1n) is 8.95. The van der Waals surface area contributed by atoms with Gasteiger partial charge in [0.25, 0.3) is 5.69 Å². The summed E-state index contributed by atoms with van der Waals surface area (Å²) in [4.78, 5) is 10.2. The van der Waals surface area contributed by atoms with Gasteiger partial charge in [-0.1, -0.05) is 18.2 Å². The number of piperidine rings is 1. The zero-order valence-electron chi connectivity index (χ0n) is 15.0. The fourth-order valence-corrected chi connectivity index (χ4v) is 5.11. The summed E-state index contributed by atoms with van der Waals surface area (Å²) in [6, 6.07) is 11.3. The van der Waals surface area contributed by atoms with E-state index in [-0.39, 0.29) is 17.4 Å². The molecule has 0 N–H and O–H groups in total. The molecule has 0 atom stereocenters. The Morgan fingerprint density at radius 3 is 2.46 bits per heavy atom. The summed E-state index contributed by atoms with van der Waals surface area (Å²) in [5.41, 5.74) is 1.27. The molecule has 1 aliphatic rings. The van der Waals surface area contributed by atoms with Crippen LogP contribution in [-0.4, -0.2) is 45.3 Å². The quantitative estimate of drug-likeness (QED) is 0.479. The molecule has 2 aromatic heterocycles. The number of pyridine rings is 1. The monoisotopic (exact) mass is 401 g/mol. The normalized spacial score (nSPS) is 16.4. The lowest BCUT2D eigenvalue weighted by Gasteiger charge is -2.30. The van der Waals surface area contributed by atoms with Crippen molar-refractivity contribution >= 4 is 21.4 Å². The predicted octanol–water partition coefficient (Wildman–Crippen LogP) is 2.35. The molecule has 3 heterocycles. The summed E-state index contributed by atoms with van der Waals surface area (Å²) < 4.78 is 28.9. The maximum atomic E-state index is 12.7. The van der Waals surface area contributed by atoms with Gasteiger partial charge in [-0.2, -0.15) is 0 Å². The molecule has 146 valence electrons. The highest BCUT2D eigenvalue weighted by molar-refractivity contribution is 7.88. The molecule has 0 spiro atoms. The van der Waals surface area contributed by atoms with E-state index in [0.717, 1.165) is 11.5 Å². The first kappa shape index (κ1) is 18.5. The molecule has 0 saturated carbocycles. The summed E-state index contributed by atoms with van der Waals surface area (Å²) in [7, 11) is -3.48. The van der Waals surface area contributed by atoms with Crippen molar-refractivity contribution in [3.05, 3.63) is 70.2 Å². The molecule has 0 radical (unpaired) electrons. The lowest BCUT2D eigenvalue weighted by molar-refractivity contribution is -0.384. The van der Waals surface area contributed by atoms with Gasteiger partial charge in [-0.05, 0) is 30.5 Å². The van der Waals surface area contributed by atoms with Crippen LogP contribution >= 0.6 is 0 Å². The van der Waals surface area contributed by atoms with Gasteiger partial charge in [-0.15, -0.1) is 10.2 Å². The van der Waals surface area contributed by atoms with Crippen LogP contribution in [0.3, 0.4) is 0 Å². The molecule has 1 aromatic carbocycles. The molecule has 1 fully saturated rings. The Bertz CT molecular complexity index is 1100. The maximum absolute atomic E-state index is 12.7. The zero-order chi connectivity index (χ0) is 19.7. The van der Waals surface area contributed by atoms with Gasteiger partial charge in [0.05, 0.1) is 10.7 Å². The Morgan fingerprint density at radius 2 is 1.79 bits per heavy atom. The van der Waals surface area contributed by atoms with Gasteiger partial charge in [0, 0.05) is 37.3 Å². The molecule has 9 nitrogen and oxygen atoms in total. The van der Waals surface area contributed by atoms with Crippen LogP contribution in [0.25, 0.3) is 5.65 Å². The third-order valence-corrected chi connectivity index (χ3v) is 6.90. The third kappa shape index (κ3) is 3.60. The number of rotatable bonds is 5. The van der Waals surface area contributed by atoms with Crippen LogP contribution in [0, 0.1) is 10.1 Å². The summed E-state index contributed by atoms with van der Waals surface area (Å²) >= 11 is 0. The maximum Gasteiger partial charge on any atom is 0.269 e. The fourth-order valence-electron chi connectivity index (χ4n) is 3.55. The largest absolute Gasteiger partial charge is 0.286 e. The zero-order valence-corrected chi connectivity index (χ0v) is 15.8. The van der Waals surface area contributed by atoms with Crippen molar-refractivity contribution in [1.29, 1.82) is 0 Å². The number of benzene rings is 1. The highest BCUT2D eigenvalue weighted by Gasteiger charge is 2.30. The van der Waals surface area contributed by atoms with E-state index in [1.807, 2.05) is 28.8 Å². The van der Waals surface area contributed by atoms with E-state index in [2.05, 4.69) is 10.2 Å². The minimum Gasteiger partial charge on any atom is -0.286 e. The van der Waals surface area contributed by atoms with Gasteiger partial charge in [-0.25, -0.2) is 12.7 Å². The lowest BCUT2D eigenvalue weighted by atomic mass is 9.97. The van der Waals surface area contributed by atoms with Crippen LogP contribution in [0.1, 0.15) is 30.1 Å². The van der Waals surface area contributed by atoms with Crippen molar-refractivity contribution in [3.8, 4) is 0 Å². The lowest BCUT2D eigenvalue weighted by Crippen LogP contribution is -2.38. The van der Waals surface area contributed by atoms with E-state index in [1.54, 1.807) is 0 Å². The van der Waals surface area contributed by atoms with Gasteiger partial charge in [0.2, 0.25) is 10.0 Å². The number of non-ortho nitro benzene ring substituents is 1. The van der Waals surface area contributed by atoms with Gasteiger partial charge in [0.1, 0.15) is 5.82 Å². The second-order valence-electron chi connectivity index (χ2n) is 6.84. The molecule has 1 saturated heterocycles. The third-order valence-electron chi connectivity index (χ3n) is 5.05. The van der Waals surface area contributed by atoms with Crippen LogP contribution < -0.4 is 0 Å². The molecular weight excluding hydrogens is 382 g/mol. The molecule has 10 heteroatoms. The highest BCUT2D eigenvalue weighted by atomic mass is 32.2. The van der Waals surface area contributed by atoms with Gasteiger partial charge in [0.15, 0.2) is 5.65 Å². The molecule has 1 aliphatic heterocycles. The first-order valence-corrected chi connectivity index (χ1v) is 10.6. The van der Waals surface area contributed by atoms with Crippen LogP contribution in [0.4, 0.5) is 5.69 Å². The SMILES string of the molecule is O=[N+]([O-])c1ccc(CS(=O)(=O)N2CCC(c3nnc4ccccn34)CC2)cc1. The molecular formula is C18H19N5O4S. The number of nitro groups is 1. The Hall–Kier alpha value is -2.85. The molecule has 4 rings (SSSR count). The van der Waals surface area contributed by atoms with E-state index in [1.165, 1.54) is 28.6 Å². The average molecular weight is 401 g/mol. The van der Waals surface area contributed by atoms with Crippen molar-refractivity contribution in [3.63, 3.8) is 0 Å². The number of hydrogen-bond acceptors (Lipinski definition) is 6. The highest BCUT2D eigenvalue weighted by Crippen LogP contribution is 2.29. The Labute approximate surface area is 161 Å². The van der Waals surface area contributed by atoms with Gasteiger partial charge < -0.3 is 0 Å². The van der Waals surface area contributed by atoms with Gasteiger partial charge >= 0.3 is 0 Å². The van der Waals surface area contributed by atoms with E-state index >= 15 is 0 Å². The number of aromatic nitrogens is 3. The Balaban J connectivity index is 1.43. The van der Waals surface area contributed by atoms with Crippen molar-refractivity contribution in [2.24, 2.45) is 0 Å². The molecule has 0 amide bonds. The van der Waals surface area contributed by atoms with Crippen LogP contribution in [0.5, 0.6) is 0 Å². The van der Waals surface area contributed by atoms with E-state index in [0.29, 0.717) is 31.5 Å². The smallest absolute Gasteiger partial charge is 0.269 e. The number of hydrogen-bond donors (Lipinski definition) is 0. The van der Waals surface area contributed by atoms with Crippen LogP contribution in [0.15, 0.2) is 48.7 Å². The first-order chi connectivity index (χ1) is 13.4. The van der Waals surface area contributed by atoms with Crippen molar-refractivity contribution < 1.29 is 13.3 Å². The molecule has 0 unspecified atom stereocenters. The topological polar surface area (TPSA) is 111 Å². The average Bonchev–Trinajstić information content (AvgIpc) is 3.12. The number of nitrogens with zero attached hydrogens (tertiary/aromatic N) is 5. The standard InChI is InChI=1S/C18H19N5O4S/c24-23(25)16-6-4-14(5-7-16)13-28(26,27)21-11-8-15(9-12-21)18-20-19-17-3-1-2-10-22(17)18/h1-7,10,15H,8-9,11-13H2. The Morgan fingerprint density at radius 1 is 1.07 bits per heavy atom. The predicted molar refractivity (Wildman–Crippen MR) is 102 cm³/mol. The second-order valence-corrected chi connectivity index (χ2v) is 8.81. The summed E-state index contributed by atoms with van der Waals surface area (Å²) in [6.07, 6.45) is 3.27. The summed E-state index contributed by atoms with van der Waals surface area (Å²) in [6.45, 7) is 0.837. The van der Waals surface area contributed by atoms with Crippen LogP contribution in [-0.2, 0) is 15.8 Å². The van der Waals surface area contributed by atoms with E-state index < -0.39 is 14.9 Å². The van der Waals surface area contributed by atoms with Crippen molar-refractivity contribution in [2.75, 3.05) is 13.1 Å². The van der Waals surface area contributed by atoms with E-state index in [9.17, 15) is 18.5 Å². The van der Waals surface area contributed by atoms with Crippen molar-refractivity contribution in [2.45, 2.75) is 24.5 Å².